The van der Waals surface area contributed by atoms with Crippen molar-refractivity contribution in [1.82, 2.24) is 4.90 Å². The molecule has 0 aliphatic carbocycles. The van der Waals surface area contributed by atoms with Crippen molar-refractivity contribution in [2.24, 2.45) is 0 Å². The molecule has 0 spiro atoms. The Kier molecular flexibility index (Phi) is 8.23. The van der Waals surface area contributed by atoms with Gasteiger partial charge in [0.25, 0.3) is 11.8 Å². The molecule has 1 N–H and O–H groups in total. The van der Waals surface area contributed by atoms with Crippen LogP contribution in [-0.2, 0) is 16.0 Å². The molecule has 0 saturated carbocycles. The van der Waals surface area contributed by atoms with Crippen LogP contribution in [0.4, 0.5) is 5.69 Å². The van der Waals surface area contributed by atoms with Crippen molar-refractivity contribution < 1.29 is 14.3 Å². The summed E-state index contributed by atoms with van der Waals surface area (Å²) in [6, 6.07) is 22.6. The van der Waals surface area contributed by atoms with E-state index in [1.165, 1.54) is 11.8 Å². The molecule has 5 nitrogen and oxygen atoms in total. The predicted molar refractivity (Wildman–Crippen MR) is 147 cm³/mol. The highest BCUT2D eigenvalue weighted by Gasteiger charge is 2.31. The van der Waals surface area contributed by atoms with E-state index < -0.39 is 0 Å². The van der Waals surface area contributed by atoms with E-state index in [9.17, 15) is 9.59 Å². The first-order valence-electron chi connectivity index (χ1n) is 11.0. The van der Waals surface area contributed by atoms with Gasteiger partial charge < -0.3 is 10.1 Å². The maximum Gasteiger partial charge on any atom is 0.266 e. The lowest BCUT2D eigenvalue weighted by Crippen LogP contribution is -2.30. The largest absolute Gasteiger partial charge is 0.483 e. The number of para-hydroxylation sites is 1. The summed E-state index contributed by atoms with van der Waals surface area (Å²) < 4.78 is 6.31. The zero-order valence-electron chi connectivity index (χ0n) is 19.0. The van der Waals surface area contributed by atoms with Crippen LogP contribution in [-0.4, -0.2) is 34.2 Å². The summed E-state index contributed by atoms with van der Waals surface area (Å²) in [5, 5.41) is 3.35. The normalized spacial score (nSPS) is 14.5. The fourth-order valence-corrected chi connectivity index (χ4v) is 4.94. The number of carbonyl (C=O) groups excluding carboxylic acids is 2. The molecule has 0 unspecified atom stereocenters. The average Bonchev–Trinajstić information content (AvgIpc) is 3.12. The molecular weight excluding hydrogens is 500 g/mol. The molecular formula is C27H23ClN2O3S2. The van der Waals surface area contributed by atoms with E-state index in [-0.39, 0.29) is 18.4 Å². The molecule has 0 bridgehead atoms. The van der Waals surface area contributed by atoms with Crippen molar-refractivity contribution in [3.63, 3.8) is 0 Å². The molecule has 1 heterocycles. The Morgan fingerprint density at radius 3 is 2.63 bits per heavy atom. The number of halogens is 1. The topological polar surface area (TPSA) is 58.6 Å². The van der Waals surface area contributed by atoms with Gasteiger partial charge in [-0.15, -0.1) is 0 Å². The number of benzene rings is 3. The summed E-state index contributed by atoms with van der Waals surface area (Å²) in [6.45, 7) is 2.23. The maximum atomic E-state index is 13.0. The molecule has 0 aromatic heterocycles. The van der Waals surface area contributed by atoms with Gasteiger partial charge in [-0.05, 0) is 48.7 Å². The average molecular weight is 523 g/mol. The number of hydrogen-bond donors (Lipinski definition) is 1. The van der Waals surface area contributed by atoms with Crippen LogP contribution in [0.5, 0.6) is 5.75 Å². The minimum absolute atomic E-state index is 0.125. The van der Waals surface area contributed by atoms with E-state index in [1.54, 1.807) is 29.2 Å². The smallest absolute Gasteiger partial charge is 0.266 e. The molecule has 1 saturated heterocycles. The summed E-state index contributed by atoms with van der Waals surface area (Å²) in [6.07, 6.45) is 2.48. The Morgan fingerprint density at radius 1 is 1.11 bits per heavy atom. The van der Waals surface area contributed by atoms with Crippen LogP contribution in [0.2, 0.25) is 5.02 Å². The monoisotopic (exact) mass is 522 g/mol. The van der Waals surface area contributed by atoms with Crippen LogP contribution in [0.25, 0.3) is 6.08 Å². The van der Waals surface area contributed by atoms with Crippen LogP contribution < -0.4 is 10.1 Å². The van der Waals surface area contributed by atoms with Crippen LogP contribution in [0.1, 0.15) is 16.7 Å². The van der Waals surface area contributed by atoms with Gasteiger partial charge in [-0.2, -0.15) is 0 Å². The highest BCUT2D eigenvalue weighted by atomic mass is 35.5. The summed E-state index contributed by atoms with van der Waals surface area (Å²) in [5.74, 6) is 0.0610. The van der Waals surface area contributed by atoms with E-state index in [0.29, 0.717) is 37.8 Å². The number of nitrogens with zero attached hydrogens (tertiary/aromatic N) is 1. The standard InChI is InChI=1S/C27H23ClN2O3S2/c1-18-11-12-21(16-22(18)28)29-25(31)17-33-23-10-6-5-9-20(23)15-24-26(32)30(27(34)35-24)14-13-19-7-3-2-4-8-19/h2-12,15-16H,13-14,17H2,1H3,(H,29,31)/b24-15-. The SMILES string of the molecule is Cc1ccc(NC(=O)COc2ccccc2/C=C2\SC(=S)N(CCc3ccccc3)C2=O)cc1Cl. The van der Waals surface area contributed by atoms with Crippen molar-refractivity contribution in [3.8, 4) is 5.75 Å². The molecule has 8 heteroatoms. The Morgan fingerprint density at radius 2 is 1.86 bits per heavy atom. The van der Waals surface area contributed by atoms with Gasteiger partial charge in [0.2, 0.25) is 0 Å². The number of ether oxygens (including phenoxy) is 1. The molecule has 35 heavy (non-hydrogen) atoms. The van der Waals surface area contributed by atoms with E-state index >= 15 is 0 Å². The minimum Gasteiger partial charge on any atom is -0.483 e. The van der Waals surface area contributed by atoms with E-state index in [1.807, 2.05) is 61.5 Å². The van der Waals surface area contributed by atoms with Crippen molar-refractivity contribution in [2.75, 3.05) is 18.5 Å². The molecule has 3 aromatic rings. The van der Waals surface area contributed by atoms with Crippen LogP contribution in [0.3, 0.4) is 0 Å². The minimum atomic E-state index is -0.313. The number of hydrogen-bond acceptors (Lipinski definition) is 5. The summed E-state index contributed by atoms with van der Waals surface area (Å²) in [7, 11) is 0. The number of thiocarbonyl (C=S) groups is 1. The van der Waals surface area contributed by atoms with Crippen LogP contribution in [0, 0.1) is 6.92 Å². The zero-order valence-corrected chi connectivity index (χ0v) is 21.4. The fourth-order valence-electron chi connectivity index (χ4n) is 3.46. The summed E-state index contributed by atoms with van der Waals surface area (Å²) in [5.41, 5.74) is 3.37. The molecule has 1 fully saturated rings. The second kappa shape index (κ2) is 11.5. The van der Waals surface area contributed by atoms with Gasteiger partial charge in [0.15, 0.2) is 6.61 Å². The Bertz CT molecular complexity index is 1290. The van der Waals surface area contributed by atoms with Gasteiger partial charge in [0.1, 0.15) is 10.1 Å². The number of nitrogens with one attached hydrogen (secondary N) is 1. The Hall–Kier alpha value is -3.13. The third-order valence-electron chi connectivity index (χ3n) is 5.36. The van der Waals surface area contributed by atoms with Gasteiger partial charge in [0.05, 0.1) is 4.91 Å². The highest BCUT2D eigenvalue weighted by molar-refractivity contribution is 8.26. The Labute approximate surface area is 219 Å². The number of aryl methyl sites for hydroxylation is 1. The van der Waals surface area contributed by atoms with Gasteiger partial charge in [-0.1, -0.05) is 90.2 Å². The van der Waals surface area contributed by atoms with Crippen molar-refractivity contribution >= 4 is 63.5 Å². The lowest BCUT2D eigenvalue weighted by molar-refractivity contribution is -0.122. The molecule has 4 rings (SSSR count). The first kappa shape index (κ1) is 25.0. The van der Waals surface area contributed by atoms with Crippen molar-refractivity contribution in [3.05, 3.63) is 99.4 Å². The van der Waals surface area contributed by atoms with Crippen molar-refractivity contribution in [2.45, 2.75) is 13.3 Å². The predicted octanol–water partition coefficient (Wildman–Crippen LogP) is 6.11. The molecule has 3 aromatic carbocycles. The third kappa shape index (κ3) is 6.51. The summed E-state index contributed by atoms with van der Waals surface area (Å²) >= 11 is 12.9. The first-order chi connectivity index (χ1) is 16.9. The van der Waals surface area contributed by atoms with Gasteiger partial charge in [-0.25, -0.2) is 0 Å². The molecule has 1 aliphatic heterocycles. The van der Waals surface area contributed by atoms with Crippen molar-refractivity contribution in [1.29, 1.82) is 0 Å². The number of thioether (sulfide) groups is 1. The molecule has 178 valence electrons. The number of carbonyl (C=O) groups is 2. The van der Waals surface area contributed by atoms with E-state index in [4.69, 9.17) is 28.6 Å². The molecule has 0 radical (unpaired) electrons. The molecule has 2 amide bonds. The number of amides is 2. The second-order valence-electron chi connectivity index (χ2n) is 7.91. The number of rotatable bonds is 8. The first-order valence-corrected chi connectivity index (χ1v) is 12.6. The third-order valence-corrected chi connectivity index (χ3v) is 7.15. The van der Waals surface area contributed by atoms with Gasteiger partial charge in [0, 0.05) is 22.8 Å². The summed E-state index contributed by atoms with van der Waals surface area (Å²) in [4.78, 5) is 27.5. The van der Waals surface area contributed by atoms with E-state index in [0.717, 1.165) is 17.5 Å². The highest BCUT2D eigenvalue weighted by Crippen LogP contribution is 2.34. The molecule has 1 aliphatic rings. The molecule has 0 atom stereocenters. The Balaban J connectivity index is 1.40. The second-order valence-corrected chi connectivity index (χ2v) is 9.99. The van der Waals surface area contributed by atoms with Gasteiger partial charge in [-0.3, -0.25) is 14.5 Å². The van der Waals surface area contributed by atoms with Crippen LogP contribution in [0.15, 0.2) is 77.7 Å². The number of anilines is 1. The van der Waals surface area contributed by atoms with Crippen LogP contribution >= 0.6 is 35.6 Å². The van der Waals surface area contributed by atoms with E-state index in [2.05, 4.69) is 5.32 Å². The van der Waals surface area contributed by atoms with Gasteiger partial charge >= 0.3 is 0 Å². The quantitative estimate of drug-likeness (QED) is 0.286. The lowest BCUT2D eigenvalue weighted by atomic mass is 10.1. The lowest BCUT2D eigenvalue weighted by Gasteiger charge is -2.14. The fraction of sp³-hybridized carbons (Fsp3) is 0.148. The zero-order chi connectivity index (χ0) is 24.8. The maximum absolute atomic E-state index is 13.0.